The maximum absolute atomic E-state index is 12.0. The molecule has 1 aliphatic rings. The summed E-state index contributed by atoms with van der Waals surface area (Å²) in [6.45, 7) is 13.5. The van der Waals surface area contributed by atoms with Crippen molar-refractivity contribution in [3.8, 4) is 0 Å². The lowest BCUT2D eigenvalue weighted by atomic mass is 9.97. The van der Waals surface area contributed by atoms with Gasteiger partial charge in [0.25, 0.3) is 0 Å². The van der Waals surface area contributed by atoms with Crippen LogP contribution in [0.2, 0.25) is 0 Å². The molecule has 2 N–H and O–H groups in total. The molecule has 1 rings (SSSR count). The number of piperidine rings is 1. The highest BCUT2D eigenvalue weighted by molar-refractivity contribution is 5.74. The Morgan fingerprint density at radius 2 is 1.64 bits per heavy atom. The van der Waals surface area contributed by atoms with Crippen molar-refractivity contribution in [2.45, 2.75) is 65.5 Å². The predicted octanol–water partition coefficient (Wildman–Crippen LogP) is 2.73. The Labute approximate surface area is 134 Å². The highest BCUT2D eigenvalue weighted by Gasteiger charge is 2.27. The molecule has 1 heterocycles. The first-order valence-electron chi connectivity index (χ1n) is 8.00. The van der Waals surface area contributed by atoms with Crippen LogP contribution in [-0.2, 0) is 4.74 Å². The highest BCUT2D eigenvalue weighted by atomic mass is 16.6. The van der Waals surface area contributed by atoms with E-state index < -0.39 is 5.60 Å². The van der Waals surface area contributed by atoms with Crippen LogP contribution in [0.25, 0.3) is 0 Å². The summed E-state index contributed by atoms with van der Waals surface area (Å²) in [5.41, 5.74) is -0.690. The zero-order valence-electron chi connectivity index (χ0n) is 14.8. The molecular formula is C16H31N3O3. The molecule has 0 radical (unpaired) electrons. The van der Waals surface area contributed by atoms with E-state index in [1.54, 1.807) is 4.90 Å². The predicted molar refractivity (Wildman–Crippen MR) is 86.8 cm³/mol. The summed E-state index contributed by atoms with van der Waals surface area (Å²) in [6, 6.07) is -0.137. The van der Waals surface area contributed by atoms with Crippen LogP contribution in [0, 0.1) is 5.92 Å². The topological polar surface area (TPSA) is 70.7 Å². The first-order valence-corrected chi connectivity index (χ1v) is 8.00. The van der Waals surface area contributed by atoms with Crippen molar-refractivity contribution in [2.24, 2.45) is 5.92 Å². The minimum Gasteiger partial charge on any atom is -0.444 e. The second kappa shape index (κ2) is 7.20. The van der Waals surface area contributed by atoms with E-state index >= 15 is 0 Å². The third-order valence-electron chi connectivity index (χ3n) is 3.31. The van der Waals surface area contributed by atoms with Gasteiger partial charge in [0.05, 0.1) is 0 Å². The Hall–Kier alpha value is -1.46. The monoisotopic (exact) mass is 313 g/mol. The lowest BCUT2D eigenvalue weighted by molar-refractivity contribution is 0.0184. The van der Waals surface area contributed by atoms with Crippen molar-refractivity contribution in [3.05, 3.63) is 0 Å². The molecule has 6 heteroatoms. The van der Waals surface area contributed by atoms with E-state index in [4.69, 9.17) is 4.74 Å². The van der Waals surface area contributed by atoms with Gasteiger partial charge in [0.1, 0.15) is 5.60 Å². The smallest absolute Gasteiger partial charge is 0.410 e. The van der Waals surface area contributed by atoms with Crippen LogP contribution in [0.3, 0.4) is 0 Å². The standard InChI is InChI=1S/C16H31N3O3/c1-15(2,3)18-13(20)17-11-12-7-9-19(10-8-12)14(21)22-16(4,5)6/h12H,7-11H2,1-6H3,(H2,17,18,20). The molecule has 0 aromatic carbocycles. The van der Waals surface area contributed by atoms with E-state index in [9.17, 15) is 9.59 Å². The average Bonchev–Trinajstić information content (AvgIpc) is 2.33. The van der Waals surface area contributed by atoms with Gasteiger partial charge < -0.3 is 20.3 Å². The van der Waals surface area contributed by atoms with Gasteiger partial charge in [0, 0.05) is 25.2 Å². The molecule has 0 aromatic heterocycles. The Kier molecular flexibility index (Phi) is 6.08. The van der Waals surface area contributed by atoms with Gasteiger partial charge in [-0.2, -0.15) is 0 Å². The maximum atomic E-state index is 12.0. The van der Waals surface area contributed by atoms with Gasteiger partial charge in [-0.1, -0.05) is 0 Å². The number of carbonyl (C=O) groups is 2. The van der Waals surface area contributed by atoms with Gasteiger partial charge in [-0.05, 0) is 60.3 Å². The number of urea groups is 1. The SMILES string of the molecule is CC(C)(C)NC(=O)NCC1CCN(C(=O)OC(C)(C)C)CC1. The van der Waals surface area contributed by atoms with Crippen molar-refractivity contribution in [1.29, 1.82) is 0 Å². The van der Waals surface area contributed by atoms with Crippen LogP contribution in [0.4, 0.5) is 9.59 Å². The molecule has 0 atom stereocenters. The number of hydrogen-bond acceptors (Lipinski definition) is 3. The minimum atomic E-state index is -0.458. The van der Waals surface area contributed by atoms with Crippen molar-refractivity contribution in [2.75, 3.05) is 19.6 Å². The van der Waals surface area contributed by atoms with E-state index in [-0.39, 0.29) is 17.7 Å². The molecule has 1 saturated heterocycles. The van der Waals surface area contributed by atoms with E-state index in [2.05, 4.69) is 10.6 Å². The van der Waals surface area contributed by atoms with Crippen LogP contribution in [0.5, 0.6) is 0 Å². The summed E-state index contributed by atoms with van der Waals surface area (Å²) in [5, 5.41) is 5.78. The van der Waals surface area contributed by atoms with Gasteiger partial charge in [0.2, 0.25) is 0 Å². The molecule has 0 unspecified atom stereocenters. The third-order valence-corrected chi connectivity index (χ3v) is 3.31. The van der Waals surface area contributed by atoms with Crippen molar-refractivity contribution >= 4 is 12.1 Å². The summed E-state index contributed by atoms with van der Waals surface area (Å²) in [4.78, 5) is 25.4. The summed E-state index contributed by atoms with van der Waals surface area (Å²) >= 11 is 0. The molecule has 22 heavy (non-hydrogen) atoms. The number of amides is 3. The Morgan fingerprint density at radius 1 is 1.09 bits per heavy atom. The van der Waals surface area contributed by atoms with Gasteiger partial charge >= 0.3 is 12.1 Å². The number of ether oxygens (including phenoxy) is 1. The quantitative estimate of drug-likeness (QED) is 0.823. The number of nitrogens with one attached hydrogen (secondary N) is 2. The van der Waals surface area contributed by atoms with E-state index in [1.165, 1.54) is 0 Å². The van der Waals surface area contributed by atoms with E-state index in [1.807, 2.05) is 41.5 Å². The lowest BCUT2D eigenvalue weighted by Gasteiger charge is -2.33. The summed E-state index contributed by atoms with van der Waals surface area (Å²) in [5.74, 6) is 0.407. The molecule has 6 nitrogen and oxygen atoms in total. The first-order chi connectivity index (χ1) is 9.96. The largest absolute Gasteiger partial charge is 0.444 e. The third kappa shape index (κ3) is 7.52. The summed E-state index contributed by atoms with van der Waals surface area (Å²) in [7, 11) is 0. The highest BCUT2D eigenvalue weighted by Crippen LogP contribution is 2.19. The van der Waals surface area contributed by atoms with Crippen LogP contribution in [-0.4, -0.2) is 47.8 Å². The number of nitrogens with zero attached hydrogens (tertiary/aromatic N) is 1. The van der Waals surface area contributed by atoms with Crippen molar-refractivity contribution in [3.63, 3.8) is 0 Å². The lowest BCUT2D eigenvalue weighted by Crippen LogP contribution is -2.48. The zero-order valence-corrected chi connectivity index (χ0v) is 14.8. The molecule has 0 aliphatic carbocycles. The second-order valence-electron chi connectivity index (χ2n) is 8.00. The zero-order chi connectivity index (χ0) is 17.0. The van der Waals surface area contributed by atoms with Crippen molar-refractivity contribution < 1.29 is 14.3 Å². The molecule has 0 aromatic rings. The molecule has 1 fully saturated rings. The van der Waals surface area contributed by atoms with Crippen LogP contribution in [0.15, 0.2) is 0 Å². The molecular weight excluding hydrogens is 282 g/mol. The molecule has 1 aliphatic heterocycles. The van der Waals surface area contributed by atoms with Crippen molar-refractivity contribution in [1.82, 2.24) is 15.5 Å². The number of carbonyl (C=O) groups excluding carboxylic acids is 2. The minimum absolute atomic E-state index is 0.137. The fourth-order valence-electron chi connectivity index (χ4n) is 2.27. The summed E-state index contributed by atoms with van der Waals surface area (Å²) < 4.78 is 5.37. The fraction of sp³-hybridized carbons (Fsp3) is 0.875. The second-order valence-corrected chi connectivity index (χ2v) is 8.00. The van der Waals surface area contributed by atoms with Gasteiger partial charge in [-0.25, -0.2) is 9.59 Å². The number of rotatable bonds is 2. The van der Waals surface area contributed by atoms with Crippen LogP contribution < -0.4 is 10.6 Å². The van der Waals surface area contributed by atoms with Gasteiger partial charge in [-0.3, -0.25) is 0 Å². The molecule has 0 saturated carbocycles. The normalized spacial score (nSPS) is 17.1. The number of hydrogen-bond donors (Lipinski definition) is 2. The molecule has 0 bridgehead atoms. The Bertz CT molecular complexity index is 388. The molecule has 3 amide bonds. The van der Waals surface area contributed by atoms with Crippen LogP contribution >= 0.6 is 0 Å². The van der Waals surface area contributed by atoms with E-state index in [0.29, 0.717) is 25.6 Å². The first kappa shape index (κ1) is 18.6. The van der Waals surface area contributed by atoms with Gasteiger partial charge in [0.15, 0.2) is 0 Å². The summed E-state index contributed by atoms with van der Waals surface area (Å²) in [6.07, 6.45) is 1.52. The van der Waals surface area contributed by atoms with Gasteiger partial charge in [-0.15, -0.1) is 0 Å². The average molecular weight is 313 g/mol. The molecule has 128 valence electrons. The Morgan fingerprint density at radius 3 is 2.09 bits per heavy atom. The van der Waals surface area contributed by atoms with Crippen LogP contribution in [0.1, 0.15) is 54.4 Å². The molecule has 0 spiro atoms. The van der Waals surface area contributed by atoms with E-state index in [0.717, 1.165) is 12.8 Å². The Balaban J connectivity index is 2.28. The fourth-order valence-corrected chi connectivity index (χ4v) is 2.27. The maximum Gasteiger partial charge on any atom is 0.410 e. The number of likely N-dealkylation sites (tertiary alicyclic amines) is 1.